The Kier molecular flexibility index (Phi) is 8.23. The van der Waals surface area contributed by atoms with Gasteiger partial charge in [-0.05, 0) is 25.0 Å². The minimum Gasteiger partial charge on any atom is -0.462 e. The van der Waals surface area contributed by atoms with Crippen LogP contribution < -0.4 is 10.6 Å². The lowest BCUT2D eigenvalue weighted by molar-refractivity contribution is -0.385. The van der Waals surface area contributed by atoms with Gasteiger partial charge in [-0.3, -0.25) is 10.1 Å². The van der Waals surface area contributed by atoms with Gasteiger partial charge in [0.2, 0.25) is 5.95 Å². The largest absolute Gasteiger partial charge is 0.462 e. The predicted octanol–water partition coefficient (Wildman–Crippen LogP) is 4.10. The minimum atomic E-state index is -0.495. The lowest BCUT2D eigenvalue weighted by Gasteiger charge is -2.12. The van der Waals surface area contributed by atoms with Crippen molar-refractivity contribution in [3.63, 3.8) is 0 Å². The Bertz CT molecular complexity index is 1090. The molecule has 0 saturated carbocycles. The molecule has 0 amide bonds. The standard InChI is InChI=1S/C23H26N6O4/c1-3-5-16-6-8-17(9-7-16)21-19(22(30)33-4-2)15-27-23(28-21)25-13-12-24-20-11-10-18(14-26-20)29(31)32/h6-11,14-15H,3-5,12-13H2,1-2H3,(H,24,26)(H,25,27,28). The Labute approximate surface area is 191 Å². The molecule has 2 heterocycles. The van der Waals surface area contributed by atoms with Gasteiger partial charge in [0.25, 0.3) is 5.69 Å². The predicted molar refractivity (Wildman–Crippen MR) is 125 cm³/mol. The quantitative estimate of drug-likeness (QED) is 0.192. The van der Waals surface area contributed by atoms with E-state index >= 15 is 0 Å². The van der Waals surface area contributed by atoms with Crippen LogP contribution in [-0.4, -0.2) is 45.5 Å². The second-order valence-corrected chi connectivity index (χ2v) is 7.14. The average Bonchev–Trinajstić information content (AvgIpc) is 2.83. The number of ether oxygens (including phenoxy) is 1. The number of hydrogen-bond acceptors (Lipinski definition) is 9. The molecule has 0 atom stereocenters. The summed E-state index contributed by atoms with van der Waals surface area (Å²) in [5.74, 6) is 0.422. The van der Waals surface area contributed by atoms with Crippen LogP contribution in [0, 0.1) is 10.1 Å². The third kappa shape index (κ3) is 6.45. The number of rotatable bonds is 11. The SMILES string of the molecule is CCCc1ccc(-c2nc(NCCNc3ccc([N+](=O)[O-])cn3)ncc2C(=O)OCC)cc1. The summed E-state index contributed by atoms with van der Waals surface area (Å²) in [7, 11) is 0. The highest BCUT2D eigenvalue weighted by atomic mass is 16.6. The fourth-order valence-electron chi connectivity index (χ4n) is 3.13. The van der Waals surface area contributed by atoms with Crippen molar-refractivity contribution in [3.05, 3.63) is 70.0 Å². The van der Waals surface area contributed by atoms with E-state index in [1.807, 2.05) is 24.3 Å². The Morgan fingerprint density at radius 3 is 2.42 bits per heavy atom. The second kappa shape index (κ2) is 11.5. The molecule has 2 N–H and O–H groups in total. The van der Waals surface area contributed by atoms with Gasteiger partial charge in [0, 0.05) is 30.9 Å². The van der Waals surface area contributed by atoms with E-state index in [-0.39, 0.29) is 12.3 Å². The van der Waals surface area contributed by atoms with Crippen LogP contribution in [0.1, 0.15) is 36.2 Å². The molecule has 3 rings (SSSR count). The second-order valence-electron chi connectivity index (χ2n) is 7.14. The van der Waals surface area contributed by atoms with Gasteiger partial charge < -0.3 is 15.4 Å². The lowest BCUT2D eigenvalue weighted by Crippen LogP contribution is -2.17. The number of nitrogens with zero attached hydrogens (tertiary/aromatic N) is 4. The minimum absolute atomic E-state index is 0.0657. The molecule has 0 spiro atoms. The number of pyridine rings is 1. The molecule has 0 aliphatic heterocycles. The molecule has 172 valence electrons. The highest BCUT2D eigenvalue weighted by molar-refractivity contribution is 5.96. The molecule has 0 fully saturated rings. The zero-order chi connectivity index (χ0) is 23.6. The Morgan fingerprint density at radius 1 is 1.03 bits per heavy atom. The number of anilines is 2. The summed E-state index contributed by atoms with van der Waals surface area (Å²) >= 11 is 0. The summed E-state index contributed by atoms with van der Waals surface area (Å²) < 4.78 is 5.16. The summed E-state index contributed by atoms with van der Waals surface area (Å²) in [4.78, 5) is 35.4. The van der Waals surface area contributed by atoms with Crippen molar-refractivity contribution in [2.45, 2.75) is 26.7 Å². The van der Waals surface area contributed by atoms with Gasteiger partial charge in [0.1, 0.15) is 17.6 Å². The van der Waals surface area contributed by atoms with Crippen LogP contribution in [0.3, 0.4) is 0 Å². The van der Waals surface area contributed by atoms with E-state index in [1.165, 1.54) is 24.0 Å². The average molecular weight is 450 g/mol. The first-order chi connectivity index (χ1) is 16.0. The number of hydrogen-bond donors (Lipinski definition) is 2. The summed E-state index contributed by atoms with van der Waals surface area (Å²) in [6.45, 7) is 5.08. The molecule has 2 aromatic heterocycles. The topological polar surface area (TPSA) is 132 Å². The molecule has 0 radical (unpaired) electrons. The normalized spacial score (nSPS) is 10.5. The molecule has 0 saturated heterocycles. The fourth-order valence-corrected chi connectivity index (χ4v) is 3.13. The molecule has 0 unspecified atom stereocenters. The maximum absolute atomic E-state index is 12.4. The number of carbonyl (C=O) groups excluding carboxylic acids is 1. The molecule has 0 aliphatic carbocycles. The zero-order valence-electron chi connectivity index (χ0n) is 18.6. The van der Waals surface area contributed by atoms with Crippen molar-refractivity contribution in [3.8, 4) is 11.3 Å². The first-order valence-electron chi connectivity index (χ1n) is 10.7. The molecule has 0 aliphatic rings. The van der Waals surface area contributed by atoms with Gasteiger partial charge in [-0.15, -0.1) is 0 Å². The Morgan fingerprint density at radius 2 is 1.79 bits per heavy atom. The molecule has 10 heteroatoms. The third-order valence-corrected chi connectivity index (χ3v) is 4.72. The summed E-state index contributed by atoms with van der Waals surface area (Å²) in [5, 5.41) is 16.9. The highest BCUT2D eigenvalue weighted by Crippen LogP contribution is 2.24. The molecule has 10 nitrogen and oxygen atoms in total. The van der Waals surface area contributed by atoms with Crippen LogP contribution >= 0.6 is 0 Å². The first-order valence-corrected chi connectivity index (χ1v) is 10.7. The number of nitrogens with one attached hydrogen (secondary N) is 2. The maximum Gasteiger partial charge on any atom is 0.341 e. The summed E-state index contributed by atoms with van der Waals surface area (Å²) in [6.07, 6.45) is 4.70. The van der Waals surface area contributed by atoms with Crippen molar-refractivity contribution < 1.29 is 14.5 Å². The van der Waals surface area contributed by atoms with E-state index < -0.39 is 10.9 Å². The molecule has 3 aromatic rings. The van der Waals surface area contributed by atoms with E-state index in [4.69, 9.17) is 4.74 Å². The van der Waals surface area contributed by atoms with E-state index in [2.05, 4.69) is 32.5 Å². The Balaban J connectivity index is 1.69. The number of nitro groups is 1. The number of benzene rings is 1. The van der Waals surface area contributed by atoms with Crippen molar-refractivity contribution in [1.29, 1.82) is 0 Å². The monoisotopic (exact) mass is 450 g/mol. The van der Waals surface area contributed by atoms with Gasteiger partial charge in [0.05, 0.1) is 17.2 Å². The van der Waals surface area contributed by atoms with E-state index in [0.29, 0.717) is 36.1 Å². The molecule has 0 bridgehead atoms. The maximum atomic E-state index is 12.4. The zero-order valence-corrected chi connectivity index (χ0v) is 18.6. The van der Waals surface area contributed by atoms with Crippen molar-refractivity contribution in [2.24, 2.45) is 0 Å². The van der Waals surface area contributed by atoms with E-state index in [1.54, 1.807) is 13.0 Å². The van der Waals surface area contributed by atoms with Crippen molar-refractivity contribution in [1.82, 2.24) is 15.0 Å². The van der Waals surface area contributed by atoms with Crippen LogP contribution in [0.4, 0.5) is 17.5 Å². The van der Waals surface area contributed by atoms with Crippen LogP contribution in [0.15, 0.2) is 48.8 Å². The van der Waals surface area contributed by atoms with E-state index in [0.717, 1.165) is 18.4 Å². The van der Waals surface area contributed by atoms with Crippen molar-refractivity contribution >= 4 is 23.4 Å². The van der Waals surface area contributed by atoms with Gasteiger partial charge in [0.15, 0.2) is 0 Å². The van der Waals surface area contributed by atoms with Crippen LogP contribution in [0.25, 0.3) is 11.3 Å². The highest BCUT2D eigenvalue weighted by Gasteiger charge is 2.17. The fraction of sp³-hybridized carbons (Fsp3) is 0.304. The Hall–Kier alpha value is -4.08. The lowest BCUT2D eigenvalue weighted by atomic mass is 10.0. The molecular formula is C23H26N6O4. The number of aryl methyl sites for hydroxylation is 1. The van der Waals surface area contributed by atoms with Crippen LogP contribution in [0.2, 0.25) is 0 Å². The third-order valence-electron chi connectivity index (χ3n) is 4.72. The van der Waals surface area contributed by atoms with E-state index in [9.17, 15) is 14.9 Å². The summed E-state index contributed by atoms with van der Waals surface area (Å²) in [6, 6.07) is 10.9. The van der Waals surface area contributed by atoms with Crippen LogP contribution in [0.5, 0.6) is 0 Å². The number of esters is 1. The molecule has 33 heavy (non-hydrogen) atoms. The number of aromatic nitrogens is 3. The van der Waals surface area contributed by atoms with Crippen LogP contribution in [-0.2, 0) is 11.2 Å². The van der Waals surface area contributed by atoms with Gasteiger partial charge in [-0.1, -0.05) is 37.6 Å². The molecule has 1 aromatic carbocycles. The van der Waals surface area contributed by atoms with Gasteiger partial charge in [-0.2, -0.15) is 0 Å². The first kappa shape index (κ1) is 23.6. The molecular weight excluding hydrogens is 424 g/mol. The van der Waals surface area contributed by atoms with Crippen molar-refractivity contribution in [2.75, 3.05) is 30.3 Å². The summed E-state index contributed by atoms with van der Waals surface area (Å²) in [5.41, 5.74) is 2.76. The smallest absolute Gasteiger partial charge is 0.341 e. The van der Waals surface area contributed by atoms with Gasteiger partial charge in [-0.25, -0.2) is 19.7 Å². The van der Waals surface area contributed by atoms with Gasteiger partial charge >= 0.3 is 5.97 Å². The number of carbonyl (C=O) groups is 1.